The van der Waals surface area contributed by atoms with Crippen molar-refractivity contribution in [3.05, 3.63) is 122 Å². The molecule has 420 valence electrons. The molecule has 0 aromatic heterocycles. The van der Waals surface area contributed by atoms with Gasteiger partial charge in [-0.3, -0.25) is 14.4 Å². The first kappa shape index (κ1) is 69.8. The Bertz CT molecular complexity index is 1550. The van der Waals surface area contributed by atoms with Gasteiger partial charge in [0.05, 0.1) is 0 Å². The lowest BCUT2D eigenvalue weighted by molar-refractivity contribution is -0.167. The fraction of sp³-hybridized carbons (Fsp3) is 0.662. The summed E-state index contributed by atoms with van der Waals surface area (Å²) in [5.74, 6) is -0.944. The Morgan fingerprint density at radius 1 is 0.284 bits per heavy atom. The van der Waals surface area contributed by atoms with Gasteiger partial charge in [0.15, 0.2) is 6.10 Å². The zero-order valence-corrected chi connectivity index (χ0v) is 48.1. The van der Waals surface area contributed by atoms with Gasteiger partial charge in [-0.15, -0.1) is 0 Å². The van der Waals surface area contributed by atoms with Gasteiger partial charge in [-0.05, 0) is 135 Å². The van der Waals surface area contributed by atoms with Crippen LogP contribution in [-0.2, 0) is 28.6 Å². The van der Waals surface area contributed by atoms with Crippen molar-refractivity contribution in [1.82, 2.24) is 0 Å². The van der Waals surface area contributed by atoms with E-state index in [1.165, 1.54) is 83.5 Å². The molecule has 0 aliphatic carbocycles. The van der Waals surface area contributed by atoms with Crippen LogP contribution in [0.15, 0.2) is 122 Å². The van der Waals surface area contributed by atoms with Crippen LogP contribution in [0.1, 0.15) is 271 Å². The number of rotatable bonds is 54. The molecule has 0 aromatic carbocycles. The Labute approximate surface area is 456 Å². The highest BCUT2D eigenvalue weighted by molar-refractivity contribution is 5.71. The third-order valence-electron chi connectivity index (χ3n) is 12.7. The number of ether oxygens (including phenoxy) is 3. The predicted molar refractivity (Wildman–Crippen MR) is 320 cm³/mol. The standard InChI is InChI=1S/C68H112O6/c1-4-7-10-13-16-19-22-25-28-30-32-33-34-35-36-38-40-43-46-49-52-55-58-61-67(70)73-64-65(63-72-66(69)60-57-54-51-48-45-42-39-27-24-21-18-15-12-9-6-3)74-68(71)62-59-56-53-50-47-44-41-37-31-29-26-23-20-17-14-11-8-5-2/h7,10,16,18-21,23,25,27-29,31-33,35-36,39-40,43,65H,4-6,8-9,11-15,17,22,24,26,30,34,37-38,41-42,44-64H2,1-3H3/b10-7-,19-16-,21-18-,23-20-,28-25-,31-29-,33-32-,36-35-,39-27-,43-40-. The summed E-state index contributed by atoms with van der Waals surface area (Å²) >= 11 is 0. The molecule has 0 N–H and O–H groups in total. The number of hydrogen-bond donors (Lipinski definition) is 0. The van der Waals surface area contributed by atoms with Crippen molar-refractivity contribution in [3.8, 4) is 0 Å². The Hall–Kier alpha value is -4.19. The third-order valence-corrected chi connectivity index (χ3v) is 12.7. The molecule has 0 saturated carbocycles. The van der Waals surface area contributed by atoms with Gasteiger partial charge < -0.3 is 14.2 Å². The first-order valence-electron chi connectivity index (χ1n) is 30.5. The molecule has 6 heteroatoms. The van der Waals surface area contributed by atoms with Crippen molar-refractivity contribution in [1.29, 1.82) is 0 Å². The average molecular weight is 1030 g/mol. The fourth-order valence-electron chi connectivity index (χ4n) is 8.09. The number of allylic oxidation sites excluding steroid dienone is 20. The van der Waals surface area contributed by atoms with Gasteiger partial charge in [-0.25, -0.2) is 0 Å². The molecule has 0 aliphatic heterocycles. The Morgan fingerprint density at radius 2 is 0.527 bits per heavy atom. The molecule has 0 rings (SSSR count). The quantitative estimate of drug-likeness (QED) is 0.0261. The smallest absolute Gasteiger partial charge is 0.306 e. The van der Waals surface area contributed by atoms with Crippen molar-refractivity contribution >= 4 is 17.9 Å². The normalized spacial score (nSPS) is 13.0. The maximum atomic E-state index is 12.9. The summed E-state index contributed by atoms with van der Waals surface area (Å²) in [6.45, 7) is 6.45. The Kier molecular flexibility index (Phi) is 57.9. The van der Waals surface area contributed by atoms with Crippen LogP contribution in [0.5, 0.6) is 0 Å². The second-order valence-electron chi connectivity index (χ2n) is 19.9. The molecular formula is C68H112O6. The minimum atomic E-state index is -0.804. The van der Waals surface area contributed by atoms with E-state index in [0.717, 1.165) is 148 Å². The van der Waals surface area contributed by atoms with E-state index in [-0.39, 0.29) is 31.1 Å². The van der Waals surface area contributed by atoms with E-state index >= 15 is 0 Å². The molecule has 1 atom stereocenters. The average Bonchev–Trinajstić information content (AvgIpc) is 3.40. The van der Waals surface area contributed by atoms with E-state index < -0.39 is 6.10 Å². The van der Waals surface area contributed by atoms with Crippen LogP contribution >= 0.6 is 0 Å². The van der Waals surface area contributed by atoms with Crippen molar-refractivity contribution in [2.75, 3.05) is 13.2 Å². The molecule has 1 unspecified atom stereocenters. The summed E-state index contributed by atoms with van der Waals surface area (Å²) in [5, 5.41) is 0. The molecule has 0 amide bonds. The van der Waals surface area contributed by atoms with Crippen molar-refractivity contribution in [2.24, 2.45) is 0 Å². The summed E-state index contributed by atoms with van der Waals surface area (Å²) in [6.07, 6.45) is 84.7. The number of esters is 3. The second-order valence-corrected chi connectivity index (χ2v) is 19.9. The first-order chi connectivity index (χ1) is 36.5. The number of unbranched alkanes of at least 4 members (excludes halogenated alkanes) is 23. The number of hydrogen-bond acceptors (Lipinski definition) is 6. The molecule has 0 aromatic rings. The van der Waals surface area contributed by atoms with Crippen molar-refractivity contribution in [2.45, 2.75) is 277 Å². The van der Waals surface area contributed by atoms with Crippen LogP contribution in [0.4, 0.5) is 0 Å². The van der Waals surface area contributed by atoms with Gasteiger partial charge in [0.1, 0.15) is 13.2 Å². The lowest BCUT2D eigenvalue weighted by Crippen LogP contribution is -2.30. The molecule has 0 saturated heterocycles. The van der Waals surface area contributed by atoms with Gasteiger partial charge in [-0.2, -0.15) is 0 Å². The van der Waals surface area contributed by atoms with E-state index in [9.17, 15) is 14.4 Å². The van der Waals surface area contributed by atoms with Gasteiger partial charge >= 0.3 is 17.9 Å². The van der Waals surface area contributed by atoms with Gasteiger partial charge in [-0.1, -0.05) is 239 Å². The van der Waals surface area contributed by atoms with E-state index in [1.807, 2.05) is 0 Å². The third kappa shape index (κ3) is 58.7. The summed E-state index contributed by atoms with van der Waals surface area (Å²) < 4.78 is 16.9. The van der Waals surface area contributed by atoms with Crippen LogP contribution in [-0.4, -0.2) is 37.2 Å². The van der Waals surface area contributed by atoms with Crippen molar-refractivity contribution < 1.29 is 28.6 Å². The molecule has 6 nitrogen and oxygen atoms in total. The molecule has 0 spiro atoms. The highest BCUT2D eigenvalue weighted by Gasteiger charge is 2.19. The predicted octanol–water partition coefficient (Wildman–Crippen LogP) is 20.8. The van der Waals surface area contributed by atoms with Crippen LogP contribution < -0.4 is 0 Å². The zero-order chi connectivity index (χ0) is 53.6. The van der Waals surface area contributed by atoms with Gasteiger partial charge in [0.2, 0.25) is 0 Å². The highest BCUT2D eigenvalue weighted by atomic mass is 16.6. The fourth-order valence-corrected chi connectivity index (χ4v) is 8.09. The lowest BCUT2D eigenvalue weighted by Gasteiger charge is -2.18. The molecular weight excluding hydrogens is 913 g/mol. The van der Waals surface area contributed by atoms with E-state index in [1.54, 1.807) is 0 Å². The molecule has 74 heavy (non-hydrogen) atoms. The highest BCUT2D eigenvalue weighted by Crippen LogP contribution is 2.14. The molecule has 0 aliphatic rings. The molecule has 0 radical (unpaired) electrons. The van der Waals surface area contributed by atoms with E-state index in [2.05, 4.69) is 142 Å². The van der Waals surface area contributed by atoms with Gasteiger partial charge in [0.25, 0.3) is 0 Å². The largest absolute Gasteiger partial charge is 0.462 e. The Balaban J connectivity index is 4.47. The minimum absolute atomic E-state index is 0.0995. The SMILES string of the molecule is CC/C=C\C/C=C\C/C=C\C/C=C\C/C=C\C/C=C\CCCCCCC(=O)OCC(COC(=O)CCCCCCC/C=C\C/C=C\CCCCC)OC(=O)CCCCCCCCC/C=C\C/C=C\CCCCCC. The minimum Gasteiger partial charge on any atom is -0.462 e. The second kappa shape index (κ2) is 61.4. The maximum Gasteiger partial charge on any atom is 0.306 e. The van der Waals surface area contributed by atoms with Gasteiger partial charge in [0, 0.05) is 19.3 Å². The monoisotopic (exact) mass is 1020 g/mol. The Morgan fingerprint density at radius 3 is 0.851 bits per heavy atom. The number of carbonyl (C=O) groups is 3. The van der Waals surface area contributed by atoms with Crippen LogP contribution in [0.25, 0.3) is 0 Å². The molecule has 0 fully saturated rings. The number of carbonyl (C=O) groups excluding carboxylic acids is 3. The maximum absolute atomic E-state index is 12.9. The topological polar surface area (TPSA) is 78.9 Å². The summed E-state index contributed by atoms with van der Waals surface area (Å²) in [4.78, 5) is 38.3. The van der Waals surface area contributed by atoms with Crippen LogP contribution in [0.3, 0.4) is 0 Å². The van der Waals surface area contributed by atoms with E-state index in [0.29, 0.717) is 19.3 Å². The van der Waals surface area contributed by atoms with Crippen LogP contribution in [0.2, 0.25) is 0 Å². The summed E-state index contributed by atoms with van der Waals surface area (Å²) in [5.41, 5.74) is 0. The molecule has 0 bridgehead atoms. The lowest BCUT2D eigenvalue weighted by atomic mass is 10.1. The van der Waals surface area contributed by atoms with E-state index in [4.69, 9.17) is 14.2 Å². The summed E-state index contributed by atoms with van der Waals surface area (Å²) in [6, 6.07) is 0. The van der Waals surface area contributed by atoms with Crippen LogP contribution in [0, 0.1) is 0 Å². The summed E-state index contributed by atoms with van der Waals surface area (Å²) in [7, 11) is 0. The first-order valence-corrected chi connectivity index (χ1v) is 30.5. The zero-order valence-electron chi connectivity index (χ0n) is 48.1. The van der Waals surface area contributed by atoms with Crippen molar-refractivity contribution in [3.63, 3.8) is 0 Å². The molecule has 0 heterocycles.